The molecule has 6 nitrogen and oxygen atoms in total. The van der Waals surface area contributed by atoms with Crippen molar-refractivity contribution in [3.8, 4) is 0 Å². The van der Waals surface area contributed by atoms with Crippen molar-refractivity contribution in [1.29, 1.82) is 0 Å². The molecule has 6 heteroatoms. The minimum atomic E-state index is 0.385. The molecule has 1 aliphatic rings. The van der Waals surface area contributed by atoms with Crippen molar-refractivity contribution >= 4 is 5.96 Å². The van der Waals surface area contributed by atoms with E-state index in [1.807, 2.05) is 38.1 Å². The van der Waals surface area contributed by atoms with E-state index in [1.165, 1.54) is 24.1 Å². The number of nitrogens with zero attached hydrogens (tertiary/aromatic N) is 5. The lowest BCUT2D eigenvalue weighted by Crippen LogP contribution is -2.45. The molecular weight excluding hydrogens is 336 g/mol. The summed E-state index contributed by atoms with van der Waals surface area (Å²) in [6.45, 7) is 2.73. The van der Waals surface area contributed by atoms with Crippen LogP contribution in [0.1, 0.15) is 30.1 Å². The van der Waals surface area contributed by atoms with E-state index in [4.69, 9.17) is 4.99 Å². The quantitative estimate of drug-likeness (QED) is 0.651. The lowest BCUT2D eigenvalue weighted by atomic mass is 9.87. The van der Waals surface area contributed by atoms with Gasteiger partial charge in [-0.2, -0.15) is 5.10 Å². The molecule has 0 bridgehead atoms. The Balaban J connectivity index is 1.68. The van der Waals surface area contributed by atoms with Crippen molar-refractivity contribution in [1.82, 2.24) is 24.9 Å². The summed E-state index contributed by atoms with van der Waals surface area (Å²) in [7, 11) is 8.35. The Morgan fingerprint density at radius 3 is 2.67 bits per heavy atom. The predicted octanol–water partition coefficient (Wildman–Crippen LogP) is 2.51. The fourth-order valence-electron chi connectivity index (χ4n) is 3.94. The normalized spacial score (nSPS) is 21.3. The monoisotopic (exact) mass is 368 g/mol. The van der Waals surface area contributed by atoms with Crippen molar-refractivity contribution < 1.29 is 0 Å². The second kappa shape index (κ2) is 9.04. The third-order valence-corrected chi connectivity index (χ3v) is 5.37. The number of aryl methyl sites for hydroxylation is 1. The van der Waals surface area contributed by atoms with Crippen molar-refractivity contribution in [2.75, 3.05) is 34.2 Å². The minimum Gasteiger partial charge on any atom is -0.356 e. The number of rotatable bonds is 5. The number of aromatic nitrogens is 2. The molecule has 2 atom stereocenters. The highest BCUT2D eigenvalue weighted by atomic mass is 15.3. The van der Waals surface area contributed by atoms with E-state index in [2.05, 4.69) is 57.6 Å². The van der Waals surface area contributed by atoms with Crippen LogP contribution in [-0.2, 0) is 13.6 Å². The van der Waals surface area contributed by atoms with Gasteiger partial charge in [0.05, 0.1) is 18.3 Å². The Morgan fingerprint density at radius 1 is 1.22 bits per heavy atom. The fourth-order valence-corrected chi connectivity index (χ4v) is 3.94. The van der Waals surface area contributed by atoms with Crippen LogP contribution in [-0.4, -0.2) is 59.8 Å². The summed E-state index contributed by atoms with van der Waals surface area (Å²) in [5, 5.41) is 8.00. The van der Waals surface area contributed by atoms with Gasteiger partial charge in [-0.3, -0.25) is 9.58 Å². The first-order chi connectivity index (χ1) is 13.1. The molecule has 27 heavy (non-hydrogen) atoms. The highest BCUT2D eigenvalue weighted by Crippen LogP contribution is 2.34. The number of nitrogens with one attached hydrogen (secondary N) is 1. The van der Waals surface area contributed by atoms with Gasteiger partial charge in [0, 0.05) is 33.9 Å². The molecule has 2 aromatic rings. The molecule has 0 spiro atoms. The summed E-state index contributed by atoms with van der Waals surface area (Å²) in [6.07, 6.45) is 4.34. The van der Waals surface area contributed by atoms with Crippen LogP contribution in [0.5, 0.6) is 0 Å². The third-order valence-electron chi connectivity index (χ3n) is 5.37. The molecule has 146 valence electrons. The zero-order valence-corrected chi connectivity index (χ0v) is 17.0. The molecule has 0 radical (unpaired) electrons. The molecule has 0 saturated carbocycles. The number of likely N-dealkylation sites (tertiary alicyclic amines) is 1. The first kappa shape index (κ1) is 19.4. The van der Waals surface area contributed by atoms with Crippen LogP contribution < -0.4 is 5.32 Å². The molecule has 0 aliphatic carbocycles. The Bertz CT molecular complexity index is 736. The van der Waals surface area contributed by atoms with Gasteiger partial charge in [0.25, 0.3) is 0 Å². The third kappa shape index (κ3) is 4.89. The number of piperidine rings is 1. The predicted molar refractivity (Wildman–Crippen MR) is 111 cm³/mol. The summed E-state index contributed by atoms with van der Waals surface area (Å²) in [6, 6.07) is 12.9. The van der Waals surface area contributed by atoms with E-state index in [0.717, 1.165) is 19.0 Å². The minimum absolute atomic E-state index is 0.385. The van der Waals surface area contributed by atoms with E-state index in [9.17, 15) is 0 Å². The average Bonchev–Trinajstić information content (AvgIpc) is 3.08. The summed E-state index contributed by atoms with van der Waals surface area (Å²) in [5.74, 6) is 1.47. The highest BCUT2D eigenvalue weighted by molar-refractivity contribution is 5.79. The summed E-state index contributed by atoms with van der Waals surface area (Å²) >= 11 is 0. The molecular formula is C21H32N6. The first-order valence-corrected chi connectivity index (χ1v) is 9.74. The Labute approximate surface area is 162 Å². The Hall–Kier alpha value is -2.34. The highest BCUT2D eigenvalue weighted by Gasteiger charge is 2.32. The molecule has 3 rings (SSSR count). The molecule has 1 saturated heterocycles. The molecule has 0 unspecified atom stereocenters. The zero-order valence-electron chi connectivity index (χ0n) is 17.0. The topological polar surface area (TPSA) is 48.7 Å². The molecule has 0 amide bonds. The van der Waals surface area contributed by atoms with Crippen LogP contribution in [0.25, 0.3) is 0 Å². The van der Waals surface area contributed by atoms with Gasteiger partial charge < -0.3 is 10.2 Å². The smallest absolute Gasteiger partial charge is 0.193 e. The Kier molecular flexibility index (Phi) is 6.50. The van der Waals surface area contributed by atoms with E-state index >= 15 is 0 Å². The van der Waals surface area contributed by atoms with E-state index in [0.29, 0.717) is 18.5 Å². The van der Waals surface area contributed by atoms with E-state index in [-0.39, 0.29) is 0 Å². The maximum atomic E-state index is 4.80. The van der Waals surface area contributed by atoms with Gasteiger partial charge in [-0.25, -0.2) is 4.99 Å². The zero-order chi connectivity index (χ0) is 19.2. The van der Waals surface area contributed by atoms with Crippen LogP contribution in [0.15, 0.2) is 47.6 Å². The number of guanidine groups is 1. The number of hydrogen-bond acceptors (Lipinski definition) is 3. The van der Waals surface area contributed by atoms with Gasteiger partial charge in [0.15, 0.2) is 5.96 Å². The van der Waals surface area contributed by atoms with Gasteiger partial charge >= 0.3 is 0 Å². The molecule has 1 N–H and O–H groups in total. The summed E-state index contributed by atoms with van der Waals surface area (Å²) < 4.78 is 2.01. The maximum Gasteiger partial charge on any atom is 0.193 e. The largest absolute Gasteiger partial charge is 0.356 e. The molecule has 2 heterocycles. The van der Waals surface area contributed by atoms with Crippen LogP contribution in [0.3, 0.4) is 0 Å². The SMILES string of the molecule is CN(C)C(=NCc1ccccc1)NC[C@@H]1CCCN(C)[C@H]1c1ccnn1C. The summed E-state index contributed by atoms with van der Waals surface area (Å²) in [4.78, 5) is 9.33. The lowest BCUT2D eigenvalue weighted by Gasteiger charge is -2.39. The van der Waals surface area contributed by atoms with Gasteiger partial charge in [-0.15, -0.1) is 0 Å². The molecule has 1 aromatic carbocycles. The van der Waals surface area contributed by atoms with Crippen LogP contribution in [0, 0.1) is 5.92 Å². The number of aliphatic imine (C=N–C) groups is 1. The molecule has 1 fully saturated rings. The summed E-state index contributed by atoms with van der Waals surface area (Å²) in [5.41, 5.74) is 2.51. The van der Waals surface area contributed by atoms with Crippen LogP contribution >= 0.6 is 0 Å². The van der Waals surface area contributed by atoms with E-state index < -0.39 is 0 Å². The second-order valence-corrected chi connectivity index (χ2v) is 7.61. The van der Waals surface area contributed by atoms with Crippen molar-refractivity contribution in [3.63, 3.8) is 0 Å². The van der Waals surface area contributed by atoms with Crippen molar-refractivity contribution in [2.24, 2.45) is 18.0 Å². The second-order valence-electron chi connectivity index (χ2n) is 7.61. The van der Waals surface area contributed by atoms with Crippen LogP contribution in [0.4, 0.5) is 0 Å². The fraction of sp³-hybridized carbons (Fsp3) is 0.524. The standard InChI is InChI=1S/C21H32N6/c1-25(2)21(22-15-17-9-6-5-7-10-17)23-16-18-11-8-14-26(3)20(18)19-12-13-24-27(19)4/h5-7,9-10,12-13,18,20H,8,11,14-16H2,1-4H3,(H,22,23)/t18-,20+/m0/s1. The van der Waals surface area contributed by atoms with Crippen molar-refractivity contribution in [2.45, 2.75) is 25.4 Å². The van der Waals surface area contributed by atoms with Gasteiger partial charge in [-0.05, 0) is 44.0 Å². The number of hydrogen-bond donors (Lipinski definition) is 1. The maximum absolute atomic E-state index is 4.80. The molecule has 1 aliphatic heterocycles. The first-order valence-electron chi connectivity index (χ1n) is 9.74. The average molecular weight is 369 g/mol. The number of benzene rings is 1. The van der Waals surface area contributed by atoms with Gasteiger partial charge in [0.1, 0.15) is 0 Å². The van der Waals surface area contributed by atoms with Crippen LogP contribution in [0.2, 0.25) is 0 Å². The Morgan fingerprint density at radius 2 is 2.00 bits per heavy atom. The van der Waals surface area contributed by atoms with Crippen molar-refractivity contribution in [3.05, 3.63) is 53.9 Å². The van der Waals surface area contributed by atoms with Gasteiger partial charge in [0.2, 0.25) is 0 Å². The van der Waals surface area contributed by atoms with E-state index in [1.54, 1.807) is 0 Å². The lowest BCUT2D eigenvalue weighted by molar-refractivity contribution is 0.115. The molecule has 1 aromatic heterocycles. The van der Waals surface area contributed by atoms with Gasteiger partial charge in [-0.1, -0.05) is 30.3 Å².